The molecule has 2 aliphatic rings. The maximum atomic E-state index is 12.8. The number of carboxylic acids is 1. The molecule has 2 saturated heterocycles. The Morgan fingerprint density at radius 1 is 1.13 bits per heavy atom. The van der Waals surface area contributed by atoms with Crippen molar-refractivity contribution in [2.45, 2.75) is 51.0 Å². The van der Waals surface area contributed by atoms with E-state index >= 15 is 0 Å². The third kappa shape index (κ3) is 4.91. The molecule has 2 aliphatic heterocycles. The van der Waals surface area contributed by atoms with Crippen LogP contribution >= 0.6 is 0 Å². The van der Waals surface area contributed by atoms with Crippen molar-refractivity contribution in [2.24, 2.45) is 5.92 Å². The molecule has 7 nitrogen and oxygen atoms in total. The first-order chi connectivity index (χ1) is 10.8. The van der Waals surface area contributed by atoms with Crippen molar-refractivity contribution >= 4 is 21.9 Å². The first-order valence-corrected chi connectivity index (χ1v) is 10.1. The average molecular weight is 346 g/mol. The smallest absolute Gasteiger partial charge is 0.303 e. The van der Waals surface area contributed by atoms with Gasteiger partial charge in [0.25, 0.3) is 0 Å². The molecule has 0 aliphatic carbocycles. The van der Waals surface area contributed by atoms with E-state index < -0.39 is 16.0 Å². The minimum absolute atomic E-state index is 0.00608. The molecular formula is C15H26N2O5S. The molecular weight excluding hydrogens is 320 g/mol. The molecule has 23 heavy (non-hydrogen) atoms. The molecule has 132 valence electrons. The summed E-state index contributed by atoms with van der Waals surface area (Å²) in [5.41, 5.74) is 0. The molecule has 0 spiro atoms. The highest BCUT2D eigenvalue weighted by Crippen LogP contribution is 2.27. The highest BCUT2D eigenvalue weighted by atomic mass is 32.2. The van der Waals surface area contributed by atoms with E-state index in [1.807, 2.05) is 4.90 Å². The molecule has 2 heterocycles. The first kappa shape index (κ1) is 18.2. The van der Waals surface area contributed by atoms with Gasteiger partial charge in [0, 0.05) is 32.1 Å². The maximum Gasteiger partial charge on any atom is 0.303 e. The monoisotopic (exact) mass is 346 g/mol. The summed E-state index contributed by atoms with van der Waals surface area (Å²) in [6.07, 6.45) is 5.88. The lowest BCUT2D eigenvalue weighted by Crippen LogP contribution is -2.51. The zero-order chi connectivity index (χ0) is 17.0. The van der Waals surface area contributed by atoms with E-state index in [1.165, 1.54) is 10.6 Å². The zero-order valence-electron chi connectivity index (χ0n) is 13.6. The number of hydrogen-bond acceptors (Lipinski definition) is 4. The van der Waals surface area contributed by atoms with Crippen LogP contribution in [0.1, 0.15) is 44.9 Å². The van der Waals surface area contributed by atoms with Crippen LogP contribution in [0.3, 0.4) is 0 Å². The Bertz CT molecular complexity index is 548. The third-order valence-electron chi connectivity index (χ3n) is 4.80. The number of nitrogens with zero attached hydrogens (tertiary/aromatic N) is 2. The Hall–Kier alpha value is -1.15. The Balaban J connectivity index is 2.02. The number of hydrogen-bond donors (Lipinski definition) is 1. The van der Waals surface area contributed by atoms with Crippen LogP contribution in [0.4, 0.5) is 0 Å². The van der Waals surface area contributed by atoms with E-state index in [0.29, 0.717) is 32.4 Å². The Labute approximate surface area is 137 Å². The van der Waals surface area contributed by atoms with Gasteiger partial charge in [-0.1, -0.05) is 0 Å². The fraction of sp³-hybridized carbons (Fsp3) is 0.867. The second-order valence-corrected chi connectivity index (χ2v) is 8.56. The van der Waals surface area contributed by atoms with Gasteiger partial charge >= 0.3 is 5.97 Å². The summed E-state index contributed by atoms with van der Waals surface area (Å²) in [6, 6.07) is -0.0269. The van der Waals surface area contributed by atoms with Crippen LogP contribution < -0.4 is 0 Å². The number of carbonyl (C=O) groups is 2. The first-order valence-electron chi connectivity index (χ1n) is 8.26. The maximum absolute atomic E-state index is 12.8. The van der Waals surface area contributed by atoms with Crippen LogP contribution in [-0.4, -0.2) is 66.5 Å². The van der Waals surface area contributed by atoms with Gasteiger partial charge in [-0.3, -0.25) is 9.59 Å². The van der Waals surface area contributed by atoms with Gasteiger partial charge < -0.3 is 10.0 Å². The topological polar surface area (TPSA) is 95.0 Å². The van der Waals surface area contributed by atoms with Gasteiger partial charge in [0.1, 0.15) is 0 Å². The zero-order valence-corrected chi connectivity index (χ0v) is 14.4. The van der Waals surface area contributed by atoms with E-state index in [4.69, 9.17) is 5.11 Å². The van der Waals surface area contributed by atoms with Gasteiger partial charge in [-0.15, -0.1) is 0 Å². The van der Waals surface area contributed by atoms with E-state index in [0.717, 1.165) is 19.3 Å². The Morgan fingerprint density at radius 2 is 1.87 bits per heavy atom. The van der Waals surface area contributed by atoms with Gasteiger partial charge in [-0.2, -0.15) is 0 Å². The SMILES string of the molecule is CS(=O)(=O)N1CCC[C@@H](C(=O)N2CCCC[C@H]2CCC(=O)O)C1. The lowest BCUT2D eigenvalue weighted by Gasteiger charge is -2.40. The molecule has 8 heteroatoms. The fourth-order valence-corrected chi connectivity index (χ4v) is 4.47. The minimum atomic E-state index is -3.27. The van der Waals surface area contributed by atoms with Crippen LogP contribution in [-0.2, 0) is 19.6 Å². The van der Waals surface area contributed by atoms with Crippen LogP contribution in [0.15, 0.2) is 0 Å². The largest absolute Gasteiger partial charge is 0.481 e. The predicted molar refractivity (Wildman–Crippen MR) is 85.4 cm³/mol. The number of aliphatic carboxylic acids is 1. The Kier molecular flexibility index (Phi) is 6.02. The molecule has 0 aromatic carbocycles. The van der Waals surface area contributed by atoms with Gasteiger partial charge in [0.2, 0.25) is 15.9 Å². The van der Waals surface area contributed by atoms with Crippen molar-refractivity contribution in [2.75, 3.05) is 25.9 Å². The summed E-state index contributed by atoms with van der Waals surface area (Å²) < 4.78 is 24.8. The quantitative estimate of drug-likeness (QED) is 0.798. The van der Waals surface area contributed by atoms with Crippen molar-refractivity contribution < 1.29 is 23.1 Å². The number of carboxylic acid groups (broad SMARTS) is 1. The molecule has 0 unspecified atom stereocenters. The molecule has 1 N–H and O–H groups in total. The minimum Gasteiger partial charge on any atom is -0.481 e. The highest BCUT2D eigenvalue weighted by Gasteiger charge is 2.35. The summed E-state index contributed by atoms with van der Waals surface area (Å²) in [5, 5.41) is 8.87. The number of rotatable bonds is 5. The number of piperidine rings is 2. The second-order valence-electron chi connectivity index (χ2n) is 6.57. The van der Waals surface area contributed by atoms with Crippen molar-refractivity contribution in [1.82, 2.24) is 9.21 Å². The van der Waals surface area contributed by atoms with Crippen LogP contribution in [0.2, 0.25) is 0 Å². The van der Waals surface area contributed by atoms with Gasteiger partial charge in [-0.05, 0) is 38.5 Å². The molecule has 0 saturated carbocycles. The van der Waals surface area contributed by atoms with Crippen molar-refractivity contribution in [1.29, 1.82) is 0 Å². The lowest BCUT2D eigenvalue weighted by atomic mass is 9.93. The van der Waals surface area contributed by atoms with Gasteiger partial charge in [-0.25, -0.2) is 12.7 Å². The van der Waals surface area contributed by atoms with Crippen molar-refractivity contribution in [3.63, 3.8) is 0 Å². The molecule has 2 rings (SSSR count). The van der Waals surface area contributed by atoms with Crippen LogP contribution in [0, 0.1) is 5.92 Å². The normalized spacial score (nSPS) is 26.9. The van der Waals surface area contributed by atoms with E-state index in [1.54, 1.807) is 0 Å². The van der Waals surface area contributed by atoms with Crippen LogP contribution in [0.25, 0.3) is 0 Å². The number of likely N-dealkylation sites (tertiary alicyclic amines) is 1. The highest BCUT2D eigenvalue weighted by molar-refractivity contribution is 7.88. The van der Waals surface area contributed by atoms with Crippen LogP contribution in [0.5, 0.6) is 0 Å². The summed E-state index contributed by atoms with van der Waals surface area (Å²) in [7, 11) is -3.27. The summed E-state index contributed by atoms with van der Waals surface area (Å²) >= 11 is 0. The van der Waals surface area contributed by atoms with Gasteiger partial charge in [0.05, 0.1) is 12.2 Å². The summed E-state index contributed by atoms with van der Waals surface area (Å²) in [6.45, 7) is 1.38. The van der Waals surface area contributed by atoms with Crippen molar-refractivity contribution in [3.05, 3.63) is 0 Å². The van der Waals surface area contributed by atoms with Crippen molar-refractivity contribution in [3.8, 4) is 0 Å². The molecule has 2 atom stereocenters. The predicted octanol–water partition coefficient (Wildman–Crippen LogP) is 0.904. The van der Waals surface area contributed by atoms with Gasteiger partial charge in [0.15, 0.2) is 0 Å². The third-order valence-corrected chi connectivity index (χ3v) is 6.07. The Morgan fingerprint density at radius 3 is 2.52 bits per heavy atom. The number of carbonyl (C=O) groups excluding carboxylic acids is 1. The molecule has 0 bridgehead atoms. The molecule has 0 aromatic heterocycles. The summed E-state index contributed by atoms with van der Waals surface area (Å²) in [4.78, 5) is 25.4. The van der Waals surface area contributed by atoms with E-state index in [2.05, 4.69) is 0 Å². The fourth-order valence-electron chi connectivity index (χ4n) is 3.56. The average Bonchev–Trinajstić information content (AvgIpc) is 2.52. The standard InChI is InChI=1S/C15H26N2O5S/c1-23(21,22)16-9-4-5-12(11-16)15(20)17-10-3-2-6-13(17)7-8-14(18)19/h12-13H,2-11H2,1H3,(H,18,19)/t12-,13+/m1/s1. The molecule has 2 fully saturated rings. The molecule has 1 amide bonds. The van der Waals surface area contributed by atoms with E-state index in [9.17, 15) is 18.0 Å². The molecule has 0 radical (unpaired) electrons. The van der Waals surface area contributed by atoms with E-state index in [-0.39, 0.29) is 30.8 Å². The summed E-state index contributed by atoms with van der Waals surface area (Å²) in [5.74, 6) is -1.15. The number of sulfonamides is 1. The number of amides is 1. The molecule has 0 aromatic rings. The second kappa shape index (κ2) is 7.61. The lowest BCUT2D eigenvalue weighted by molar-refractivity contribution is -0.143.